The van der Waals surface area contributed by atoms with Crippen LogP contribution in [0, 0.1) is 0 Å². The van der Waals surface area contributed by atoms with Crippen molar-refractivity contribution in [3.05, 3.63) is 28.8 Å². The molecule has 0 amide bonds. The molecule has 1 nitrogen and oxygen atoms in total. The molecule has 0 fully saturated rings. The standard InChI is InChI=1S/C14H23N/c1-4-7-8-11-9-10-14(15)13(6-3)12(11)5-2/h9-10H,4-8,15H2,1-3H3. The zero-order chi connectivity index (χ0) is 11.3. The van der Waals surface area contributed by atoms with E-state index in [0.29, 0.717) is 0 Å². The molecule has 0 saturated heterocycles. The van der Waals surface area contributed by atoms with Crippen molar-refractivity contribution in [2.75, 3.05) is 5.73 Å². The van der Waals surface area contributed by atoms with E-state index in [9.17, 15) is 0 Å². The van der Waals surface area contributed by atoms with Crippen LogP contribution >= 0.6 is 0 Å². The van der Waals surface area contributed by atoms with Gasteiger partial charge in [-0.2, -0.15) is 0 Å². The average Bonchev–Trinajstić information content (AvgIpc) is 2.26. The highest BCUT2D eigenvalue weighted by molar-refractivity contribution is 5.54. The number of rotatable bonds is 5. The quantitative estimate of drug-likeness (QED) is 0.728. The number of hydrogen-bond acceptors (Lipinski definition) is 1. The van der Waals surface area contributed by atoms with Crippen molar-refractivity contribution >= 4 is 5.69 Å². The predicted molar refractivity (Wildman–Crippen MR) is 68.2 cm³/mol. The van der Waals surface area contributed by atoms with Crippen LogP contribution in [0.3, 0.4) is 0 Å². The van der Waals surface area contributed by atoms with Crippen LogP contribution in [-0.2, 0) is 19.3 Å². The predicted octanol–water partition coefficient (Wildman–Crippen LogP) is 3.74. The van der Waals surface area contributed by atoms with Gasteiger partial charge in [0.15, 0.2) is 0 Å². The van der Waals surface area contributed by atoms with Gasteiger partial charge in [-0.05, 0) is 48.4 Å². The summed E-state index contributed by atoms with van der Waals surface area (Å²) in [4.78, 5) is 0. The van der Waals surface area contributed by atoms with Crippen molar-refractivity contribution in [1.29, 1.82) is 0 Å². The molecule has 0 radical (unpaired) electrons. The highest BCUT2D eigenvalue weighted by Crippen LogP contribution is 2.24. The summed E-state index contributed by atoms with van der Waals surface area (Å²) in [6, 6.07) is 4.28. The normalized spacial score (nSPS) is 10.6. The zero-order valence-corrected chi connectivity index (χ0v) is 10.3. The van der Waals surface area contributed by atoms with Crippen LogP contribution in [0.25, 0.3) is 0 Å². The van der Waals surface area contributed by atoms with E-state index in [0.717, 1.165) is 18.5 Å². The Labute approximate surface area is 93.7 Å². The van der Waals surface area contributed by atoms with Crippen LogP contribution in [0.2, 0.25) is 0 Å². The Bertz CT molecular complexity index is 315. The molecule has 0 aliphatic carbocycles. The third-order valence-corrected chi connectivity index (χ3v) is 3.07. The van der Waals surface area contributed by atoms with E-state index < -0.39 is 0 Å². The molecular formula is C14H23N. The summed E-state index contributed by atoms with van der Waals surface area (Å²) >= 11 is 0. The molecule has 84 valence electrons. The van der Waals surface area contributed by atoms with Gasteiger partial charge in [0, 0.05) is 5.69 Å². The summed E-state index contributed by atoms with van der Waals surface area (Å²) in [6.45, 7) is 6.65. The fraction of sp³-hybridized carbons (Fsp3) is 0.571. The van der Waals surface area contributed by atoms with E-state index in [2.05, 4.69) is 32.9 Å². The van der Waals surface area contributed by atoms with Crippen LogP contribution in [0.5, 0.6) is 0 Å². The van der Waals surface area contributed by atoms with E-state index in [-0.39, 0.29) is 0 Å². The molecule has 0 heterocycles. The van der Waals surface area contributed by atoms with Gasteiger partial charge >= 0.3 is 0 Å². The van der Waals surface area contributed by atoms with Gasteiger partial charge in [-0.3, -0.25) is 0 Å². The lowest BCUT2D eigenvalue weighted by atomic mass is 9.93. The first kappa shape index (κ1) is 12.1. The molecule has 1 aromatic carbocycles. The largest absolute Gasteiger partial charge is 0.398 e. The zero-order valence-electron chi connectivity index (χ0n) is 10.3. The van der Waals surface area contributed by atoms with E-state index in [1.165, 1.54) is 36.0 Å². The number of hydrogen-bond donors (Lipinski definition) is 1. The van der Waals surface area contributed by atoms with Gasteiger partial charge in [-0.1, -0.05) is 33.3 Å². The molecule has 1 rings (SSSR count). The fourth-order valence-electron chi connectivity index (χ4n) is 2.22. The highest BCUT2D eigenvalue weighted by atomic mass is 14.6. The minimum Gasteiger partial charge on any atom is -0.398 e. The fourth-order valence-corrected chi connectivity index (χ4v) is 2.22. The van der Waals surface area contributed by atoms with E-state index in [4.69, 9.17) is 5.73 Å². The number of unbranched alkanes of at least 4 members (excludes halogenated alkanes) is 1. The summed E-state index contributed by atoms with van der Waals surface area (Å²) in [7, 11) is 0. The molecule has 0 aliphatic rings. The van der Waals surface area contributed by atoms with Crippen molar-refractivity contribution in [3.63, 3.8) is 0 Å². The Hall–Kier alpha value is -0.980. The van der Waals surface area contributed by atoms with E-state index in [1.807, 2.05) is 0 Å². The average molecular weight is 205 g/mol. The van der Waals surface area contributed by atoms with E-state index in [1.54, 1.807) is 0 Å². The first-order chi connectivity index (χ1) is 7.24. The molecule has 0 aromatic heterocycles. The van der Waals surface area contributed by atoms with Crippen LogP contribution in [-0.4, -0.2) is 0 Å². The maximum atomic E-state index is 6.01. The second-order valence-corrected chi connectivity index (χ2v) is 4.08. The molecule has 2 N–H and O–H groups in total. The third kappa shape index (κ3) is 2.74. The summed E-state index contributed by atoms with van der Waals surface area (Å²) < 4.78 is 0. The Balaban J connectivity index is 3.05. The second kappa shape index (κ2) is 5.79. The van der Waals surface area contributed by atoms with Gasteiger partial charge in [0.1, 0.15) is 0 Å². The smallest absolute Gasteiger partial charge is 0.0349 e. The molecular weight excluding hydrogens is 182 g/mol. The maximum Gasteiger partial charge on any atom is 0.0349 e. The lowest BCUT2D eigenvalue weighted by Crippen LogP contribution is -2.03. The monoisotopic (exact) mass is 205 g/mol. The SMILES string of the molecule is CCCCc1ccc(N)c(CC)c1CC. The number of nitrogens with two attached hydrogens (primary N) is 1. The maximum absolute atomic E-state index is 6.01. The number of anilines is 1. The van der Waals surface area contributed by atoms with Gasteiger partial charge < -0.3 is 5.73 Å². The molecule has 1 heteroatoms. The lowest BCUT2D eigenvalue weighted by molar-refractivity contribution is 0.784. The number of nitrogen functional groups attached to an aromatic ring is 1. The van der Waals surface area contributed by atoms with Crippen molar-refractivity contribution in [3.8, 4) is 0 Å². The Morgan fingerprint density at radius 3 is 2.20 bits per heavy atom. The third-order valence-electron chi connectivity index (χ3n) is 3.07. The molecule has 1 aromatic rings. The van der Waals surface area contributed by atoms with Gasteiger partial charge in [-0.15, -0.1) is 0 Å². The minimum absolute atomic E-state index is 0.967. The molecule has 0 bridgehead atoms. The van der Waals surface area contributed by atoms with Gasteiger partial charge in [0.2, 0.25) is 0 Å². The second-order valence-electron chi connectivity index (χ2n) is 4.08. The van der Waals surface area contributed by atoms with Gasteiger partial charge in [-0.25, -0.2) is 0 Å². The van der Waals surface area contributed by atoms with Crippen molar-refractivity contribution in [2.45, 2.75) is 52.9 Å². The Morgan fingerprint density at radius 2 is 1.67 bits per heavy atom. The Kier molecular flexibility index (Phi) is 4.67. The van der Waals surface area contributed by atoms with Crippen molar-refractivity contribution < 1.29 is 0 Å². The van der Waals surface area contributed by atoms with Crippen molar-refractivity contribution in [1.82, 2.24) is 0 Å². The van der Waals surface area contributed by atoms with Crippen LogP contribution < -0.4 is 5.73 Å². The number of aryl methyl sites for hydroxylation is 1. The van der Waals surface area contributed by atoms with Crippen molar-refractivity contribution in [2.24, 2.45) is 0 Å². The minimum atomic E-state index is 0.967. The highest BCUT2D eigenvalue weighted by Gasteiger charge is 2.08. The Morgan fingerprint density at radius 1 is 1.00 bits per heavy atom. The summed E-state index contributed by atoms with van der Waals surface area (Å²) in [5.41, 5.74) is 11.3. The first-order valence-electron chi connectivity index (χ1n) is 6.13. The topological polar surface area (TPSA) is 26.0 Å². The lowest BCUT2D eigenvalue weighted by Gasteiger charge is -2.14. The molecule has 15 heavy (non-hydrogen) atoms. The molecule has 0 aliphatic heterocycles. The van der Waals surface area contributed by atoms with Crippen LogP contribution in [0.15, 0.2) is 12.1 Å². The van der Waals surface area contributed by atoms with Crippen LogP contribution in [0.4, 0.5) is 5.69 Å². The molecule has 0 atom stereocenters. The molecule has 0 unspecified atom stereocenters. The summed E-state index contributed by atoms with van der Waals surface area (Å²) in [6.07, 6.45) is 5.89. The van der Waals surface area contributed by atoms with Gasteiger partial charge in [0.05, 0.1) is 0 Å². The molecule has 0 saturated carbocycles. The number of benzene rings is 1. The summed E-state index contributed by atoms with van der Waals surface area (Å²) in [5.74, 6) is 0. The molecule has 0 spiro atoms. The first-order valence-corrected chi connectivity index (χ1v) is 6.13. The summed E-state index contributed by atoms with van der Waals surface area (Å²) in [5, 5.41) is 0. The van der Waals surface area contributed by atoms with Crippen LogP contribution in [0.1, 0.15) is 50.3 Å². The van der Waals surface area contributed by atoms with Gasteiger partial charge in [0.25, 0.3) is 0 Å². The van der Waals surface area contributed by atoms with E-state index >= 15 is 0 Å².